The number of nitrogens with one attached hydrogen (secondary N) is 1. The third kappa shape index (κ3) is 3.53. The van der Waals surface area contributed by atoms with Crippen molar-refractivity contribution < 1.29 is 14.3 Å². The molecular formula is C21H15Cl2N3O3. The van der Waals surface area contributed by atoms with Crippen molar-refractivity contribution in [3.63, 3.8) is 0 Å². The summed E-state index contributed by atoms with van der Waals surface area (Å²) in [5.74, 6) is -3.99. The highest BCUT2D eigenvalue weighted by atomic mass is 35.5. The molecule has 3 atom stereocenters. The molecule has 0 aromatic heterocycles. The van der Waals surface area contributed by atoms with Crippen molar-refractivity contribution in [1.82, 2.24) is 5.32 Å². The normalized spacial score (nSPS) is 22.7. The molecule has 0 radical (unpaired) electrons. The lowest BCUT2D eigenvalue weighted by Crippen LogP contribution is -2.56. The molecule has 2 aromatic rings. The maximum atomic E-state index is 13.0. The Hall–Kier alpha value is -3.06. The first-order chi connectivity index (χ1) is 13.9. The molecule has 1 amide bonds. The average molecular weight is 428 g/mol. The number of rotatable bonds is 3. The van der Waals surface area contributed by atoms with Gasteiger partial charge in [-0.15, -0.1) is 0 Å². The summed E-state index contributed by atoms with van der Waals surface area (Å²) in [6.07, 6.45) is 0. The van der Waals surface area contributed by atoms with Crippen molar-refractivity contribution in [3.05, 3.63) is 69.7 Å². The van der Waals surface area contributed by atoms with Crippen LogP contribution in [-0.4, -0.2) is 19.0 Å². The van der Waals surface area contributed by atoms with Gasteiger partial charge in [-0.2, -0.15) is 10.5 Å². The van der Waals surface area contributed by atoms with E-state index in [0.29, 0.717) is 21.2 Å². The minimum atomic E-state index is -1.82. The van der Waals surface area contributed by atoms with E-state index in [2.05, 4.69) is 17.5 Å². The molecule has 0 bridgehead atoms. The topological polar surface area (TPSA) is 103 Å². The second-order valence-corrected chi connectivity index (χ2v) is 7.50. The van der Waals surface area contributed by atoms with Gasteiger partial charge in [-0.3, -0.25) is 9.59 Å². The zero-order chi connectivity index (χ0) is 21.2. The molecule has 1 aliphatic rings. The molecule has 1 fully saturated rings. The third-order valence-electron chi connectivity index (χ3n) is 5.06. The van der Waals surface area contributed by atoms with Gasteiger partial charge in [-0.1, -0.05) is 47.5 Å². The van der Waals surface area contributed by atoms with Gasteiger partial charge in [-0.25, -0.2) is 0 Å². The maximum Gasteiger partial charge on any atom is 0.318 e. The zero-order valence-electron chi connectivity index (χ0n) is 15.2. The predicted octanol–water partition coefficient (Wildman–Crippen LogP) is 3.77. The highest BCUT2D eigenvalue weighted by molar-refractivity contribution is 6.31. The summed E-state index contributed by atoms with van der Waals surface area (Å²) in [4.78, 5) is 25.5. The molecule has 3 rings (SSSR count). The van der Waals surface area contributed by atoms with E-state index < -0.39 is 35.2 Å². The molecule has 1 N–H and O–H groups in total. The van der Waals surface area contributed by atoms with Gasteiger partial charge in [0.25, 0.3) is 0 Å². The van der Waals surface area contributed by atoms with E-state index in [1.165, 1.54) is 0 Å². The molecule has 2 aromatic carbocycles. The van der Waals surface area contributed by atoms with Crippen LogP contribution in [0.15, 0.2) is 48.5 Å². The van der Waals surface area contributed by atoms with Gasteiger partial charge in [-0.05, 0) is 35.4 Å². The van der Waals surface area contributed by atoms with E-state index in [1.54, 1.807) is 48.5 Å². The Kier molecular flexibility index (Phi) is 5.79. The number of benzene rings is 2. The number of hydrogen-bond donors (Lipinski definition) is 1. The number of piperidine rings is 1. The van der Waals surface area contributed by atoms with Crippen LogP contribution in [0.1, 0.15) is 23.1 Å². The molecule has 8 heteroatoms. The number of nitriles is 2. The van der Waals surface area contributed by atoms with Crippen LogP contribution in [0.25, 0.3) is 0 Å². The van der Waals surface area contributed by atoms with Crippen molar-refractivity contribution in [1.29, 1.82) is 10.5 Å². The Morgan fingerprint density at radius 3 is 2.14 bits per heavy atom. The van der Waals surface area contributed by atoms with Crippen molar-refractivity contribution in [2.24, 2.45) is 11.3 Å². The molecule has 0 spiro atoms. The fraction of sp³-hybridized carbons (Fsp3) is 0.238. The first-order valence-corrected chi connectivity index (χ1v) is 9.35. The lowest BCUT2D eigenvalue weighted by atomic mass is 9.60. The highest BCUT2D eigenvalue weighted by Gasteiger charge is 2.60. The van der Waals surface area contributed by atoms with Gasteiger partial charge in [0.1, 0.15) is 5.92 Å². The van der Waals surface area contributed by atoms with Crippen LogP contribution in [-0.2, 0) is 14.3 Å². The van der Waals surface area contributed by atoms with Crippen molar-refractivity contribution in [3.8, 4) is 12.1 Å². The molecule has 0 aliphatic carbocycles. The van der Waals surface area contributed by atoms with Crippen LogP contribution in [0.2, 0.25) is 10.0 Å². The van der Waals surface area contributed by atoms with Gasteiger partial charge in [0, 0.05) is 16.0 Å². The van der Waals surface area contributed by atoms with E-state index in [4.69, 9.17) is 27.9 Å². The molecule has 3 unspecified atom stereocenters. The summed E-state index contributed by atoms with van der Waals surface area (Å²) in [6.45, 7) is 0. The average Bonchev–Trinajstić information content (AvgIpc) is 2.72. The molecule has 146 valence electrons. The number of amides is 1. The molecule has 0 saturated carbocycles. The number of methoxy groups -OCH3 is 1. The molecule has 1 heterocycles. The highest BCUT2D eigenvalue weighted by Crippen LogP contribution is 2.52. The quantitative estimate of drug-likeness (QED) is 0.592. The minimum absolute atomic E-state index is 0.348. The smallest absolute Gasteiger partial charge is 0.318 e. The van der Waals surface area contributed by atoms with Gasteiger partial charge in [0.2, 0.25) is 5.91 Å². The Balaban J connectivity index is 2.29. The lowest BCUT2D eigenvalue weighted by Gasteiger charge is -2.44. The maximum absolute atomic E-state index is 13.0. The summed E-state index contributed by atoms with van der Waals surface area (Å²) >= 11 is 12.2. The standard InChI is InChI=1S/C21H15Cl2N3O3/c1-29-20(28)16-17(12-4-2-6-14(22)8-12)21(10-24,11-25)18(26-19(16)27)13-5-3-7-15(23)9-13/h2-9,16-18H,1H3,(H,26,27). The number of nitrogens with zero attached hydrogens (tertiary/aromatic N) is 2. The van der Waals surface area contributed by atoms with Crippen molar-refractivity contribution in [2.45, 2.75) is 12.0 Å². The molecular weight excluding hydrogens is 413 g/mol. The number of esters is 1. The number of carbonyl (C=O) groups is 2. The number of ether oxygens (including phenoxy) is 1. The van der Waals surface area contributed by atoms with E-state index >= 15 is 0 Å². The fourth-order valence-corrected chi connectivity index (χ4v) is 4.19. The van der Waals surface area contributed by atoms with E-state index in [-0.39, 0.29) is 0 Å². The zero-order valence-corrected chi connectivity index (χ0v) is 16.7. The van der Waals surface area contributed by atoms with Crippen LogP contribution < -0.4 is 5.32 Å². The number of carbonyl (C=O) groups excluding carboxylic acids is 2. The Morgan fingerprint density at radius 2 is 1.62 bits per heavy atom. The molecule has 29 heavy (non-hydrogen) atoms. The van der Waals surface area contributed by atoms with Crippen LogP contribution in [0, 0.1) is 34.0 Å². The summed E-state index contributed by atoms with van der Waals surface area (Å²) in [6, 6.07) is 16.1. The largest absolute Gasteiger partial charge is 0.468 e. The predicted molar refractivity (Wildman–Crippen MR) is 106 cm³/mol. The molecule has 1 aliphatic heterocycles. The lowest BCUT2D eigenvalue weighted by molar-refractivity contribution is -0.154. The third-order valence-corrected chi connectivity index (χ3v) is 5.53. The second-order valence-electron chi connectivity index (χ2n) is 6.62. The Morgan fingerprint density at radius 1 is 1.07 bits per heavy atom. The minimum Gasteiger partial charge on any atom is -0.468 e. The summed E-state index contributed by atoms with van der Waals surface area (Å²) in [5.41, 5.74) is -0.926. The molecule has 1 saturated heterocycles. The molecule has 6 nitrogen and oxygen atoms in total. The van der Waals surface area contributed by atoms with Gasteiger partial charge >= 0.3 is 5.97 Å². The fourth-order valence-electron chi connectivity index (χ4n) is 3.79. The van der Waals surface area contributed by atoms with E-state index in [1.807, 2.05) is 0 Å². The van der Waals surface area contributed by atoms with Crippen LogP contribution in [0.5, 0.6) is 0 Å². The first-order valence-electron chi connectivity index (χ1n) is 8.59. The summed E-state index contributed by atoms with van der Waals surface area (Å²) in [7, 11) is 1.15. The van der Waals surface area contributed by atoms with Crippen LogP contribution in [0.3, 0.4) is 0 Å². The summed E-state index contributed by atoms with van der Waals surface area (Å²) < 4.78 is 4.81. The van der Waals surface area contributed by atoms with Gasteiger partial charge in [0.05, 0.1) is 25.3 Å². The monoisotopic (exact) mass is 427 g/mol. The Labute approximate surface area is 177 Å². The van der Waals surface area contributed by atoms with Crippen LogP contribution in [0.4, 0.5) is 0 Å². The second kappa shape index (κ2) is 8.13. The van der Waals surface area contributed by atoms with E-state index in [0.717, 1.165) is 7.11 Å². The summed E-state index contributed by atoms with van der Waals surface area (Å²) in [5, 5.41) is 23.7. The van der Waals surface area contributed by atoms with Crippen molar-refractivity contribution >= 4 is 35.1 Å². The number of halogens is 2. The van der Waals surface area contributed by atoms with Crippen LogP contribution >= 0.6 is 23.2 Å². The van der Waals surface area contributed by atoms with Gasteiger partial charge < -0.3 is 10.1 Å². The SMILES string of the molecule is COC(=O)C1C(=O)NC(c2cccc(Cl)c2)C(C#N)(C#N)C1c1cccc(Cl)c1. The first kappa shape index (κ1) is 20.7. The van der Waals surface area contributed by atoms with E-state index in [9.17, 15) is 20.1 Å². The Bertz CT molecular complexity index is 1040. The van der Waals surface area contributed by atoms with Gasteiger partial charge in [0.15, 0.2) is 5.41 Å². The number of hydrogen-bond acceptors (Lipinski definition) is 5. The van der Waals surface area contributed by atoms with Crippen molar-refractivity contribution in [2.75, 3.05) is 7.11 Å².